The number of aryl methyl sites for hydroxylation is 1. The van der Waals surface area contributed by atoms with Gasteiger partial charge in [0.25, 0.3) is 11.8 Å². The summed E-state index contributed by atoms with van der Waals surface area (Å²) in [5, 5.41) is 6.81. The minimum atomic E-state index is -0.583. The second kappa shape index (κ2) is 7.62. The first-order chi connectivity index (χ1) is 15.3. The van der Waals surface area contributed by atoms with Gasteiger partial charge in [0.05, 0.1) is 30.4 Å². The van der Waals surface area contributed by atoms with Crippen molar-refractivity contribution >= 4 is 39.6 Å². The highest BCUT2D eigenvalue weighted by Crippen LogP contribution is 2.36. The number of aromatic nitrogens is 1. The topological polar surface area (TPSA) is 81.6 Å². The average molecular weight is 431 g/mol. The van der Waals surface area contributed by atoms with Crippen LogP contribution in [0.1, 0.15) is 25.0 Å². The van der Waals surface area contributed by atoms with Gasteiger partial charge < -0.3 is 19.4 Å². The molecule has 2 amide bonds. The number of nitrogens with zero attached hydrogens (tertiary/aromatic N) is 1. The minimum Gasteiger partial charge on any atom is -0.378 e. The summed E-state index contributed by atoms with van der Waals surface area (Å²) < 4.78 is 13.4. The van der Waals surface area contributed by atoms with Crippen LogP contribution in [0.25, 0.3) is 22.0 Å². The Bertz CT molecular complexity index is 1260. The molecule has 0 aliphatic carbocycles. The molecular weight excluding hydrogens is 406 g/mol. The van der Waals surface area contributed by atoms with Crippen LogP contribution < -0.4 is 10.6 Å². The molecular formula is C25H25N3O4. The first kappa shape index (κ1) is 20.5. The van der Waals surface area contributed by atoms with E-state index in [1.807, 2.05) is 80.2 Å². The lowest BCUT2D eigenvalue weighted by molar-refractivity contribution is -0.247. The van der Waals surface area contributed by atoms with Crippen LogP contribution in [0.5, 0.6) is 0 Å². The van der Waals surface area contributed by atoms with E-state index in [1.165, 1.54) is 0 Å². The molecule has 2 aliphatic rings. The van der Waals surface area contributed by atoms with Crippen LogP contribution in [0.3, 0.4) is 0 Å². The van der Waals surface area contributed by atoms with Crippen LogP contribution in [0.15, 0.2) is 54.7 Å². The maximum Gasteiger partial charge on any atom is 0.259 e. The van der Waals surface area contributed by atoms with Crippen LogP contribution in [0, 0.1) is 0 Å². The van der Waals surface area contributed by atoms with E-state index >= 15 is 0 Å². The summed E-state index contributed by atoms with van der Waals surface area (Å²) in [4.78, 5) is 25.7. The molecule has 1 saturated heterocycles. The fourth-order valence-electron chi connectivity index (χ4n) is 4.30. The van der Waals surface area contributed by atoms with Crippen molar-refractivity contribution in [3.63, 3.8) is 0 Å². The summed E-state index contributed by atoms with van der Waals surface area (Å²) in [6.07, 6.45) is 1.90. The Morgan fingerprint density at radius 1 is 1.00 bits per heavy atom. The molecule has 32 heavy (non-hydrogen) atoms. The molecule has 0 spiro atoms. The molecule has 7 heteroatoms. The molecule has 7 nitrogen and oxygen atoms in total. The maximum atomic E-state index is 12.8. The van der Waals surface area contributed by atoms with Crippen LogP contribution in [-0.4, -0.2) is 41.4 Å². The van der Waals surface area contributed by atoms with Gasteiger partial charge >= 0.3 is 0 Å². The normalized spacial score (nSPS) is 19.0. The molecule has 3 aromatic rings. The third-order valence-electron chi connectivity index (χ3n) is 5.88. The first-order valence-corrected chi connectivity index (χ1v) is 10.6. The molecule has 0 atom stereocenters. The third kappa shape index (κ3) is 3.59. The number of carbonyl (C=O) groups excluding carboxylic acids is 2. The van der Waals surface area contributed by atoms with Crippen LogP contribution in [0.4, 0.5) is 5.69 Å². The second-order valence-electron chi connectivity index (χ2n) is 8.65. The number of hydrogen-bond acceptors (Lipinski definition) is 5. The molecule has 0 unspecified atom stereocenters. The van der Waals surface area contributed by atoms with E-state index in [-0.39, 0.29) is 17.9 Å². The SMILES string of the molecule is Cn1cc(C2=C(c3cccc(NC4COC(C)(C)OC4)c3)C(=O)NC2=O)c2ccccc21. The van der Waals surface area contributed by atoms with Gasteiger partial charge in [-0.25, -0.2) is 0 Å². The van der Waals surface area contributed by atoms with Gasteiger partial charge in [-0.1, -0.05) is 30.3 Å². The lowest BCUT2D eigenvalue weighted by Gasteiger charge is -2.35. The van der Waals surface area contributed by atoms with Gasteiger partial charge in [0.15, 0.2) is 5.79 Å². The highest BCUT2D eigenvalue weighted by atomic mass is 16.7. The van der Waals surface area contributed by atoms with Gasteiger partial charge in [-0.2, -0.15) is 0 Å². The summed E-state index contributed by atoms with van der Waals surface area (Å²) in [7, 11) is 1.93. The third-order valence-corrected chi connectivity index (χ3v) is 5.88. The van der Waals surface area contributed by atoms with Crippen molar-refractivity contribution in [1.29, 1.82) is 0 Å². The number of rotatable bonds is 4. The Morgan fingerprint density at radius 2 is 1.72 bits per heavy atom. The zero-order valence-corrected chi connectivity index (χ0v) is 18.3. The van der Waals surface area contributed by atoms with Crippen molar-refractivity contribution in [3.05, 3.63) is 65.9 Å². The van der Waals surface area contributed by atoms with Crippen molar-refractivity contribution in [2.75, 3.05) is 18.5 Å². The summed E-state index contributed by atoms with van der Waals surface area (Å²) >= 11 is 0. The zero-order chi connectivity index (χ0) is 22.5. The van der Waals surface area contributed by atoms with Crippen LogP contribution >= 0.6 is 0 Å². The Morgan fingerprint density at radius 3 is 2.50 bits per heavy atom. The average Bonchev–Trinajstić information content (AvgIpc) is 3.25. The van der Waals surface area contributed by atoms with Crippen LogP contribution in [0.2, 0.25) is 0 Å². The van der Waals surface area contributed by atoms with Crippen molar-refractivity contribution in [2.24, 2.45) is 7.05 Å². The number of amides is 2. The van der Waals surface area contributed by atoms with Crippen molar-refractivity contribution in [3.8, 4) is 0 Å². The number of nitrogens with one attached hydrogen (secondary N) is 2. The van der Waals surface area contributed by atoms with Crippen molar-refractivity contribution < 1.29 is 19.1 Å². The summed E-state index contributed by atoms with van der Waals surface area (Å²) in [6.45, 7) is 4.81. The fraction of sp³-hybridized carbons (Fsp3) is 0.280. The molecule has 2 N–H and O–H groups in total. The minimum absolute atomic E-state index is 0.0103. The predicted octanol–water partition coefficient (Wildman–Crippen LogP) is 3.31. The molecule has 2 aliphatic heterocycles. The predicted molar refractivity (Wildman–Crippen MR) is 123 cm³/mol. The van der Waals surface area contributed by atoms with Gasteiger partial charge in [0.1, 0.15) is 0 Å². The summed E-state index contributed by atoms with van der Waals surface area (Å²) in [5.41, 5.74) is 4.03. The van der Waals surface area contributed by atoms with Gasteiger partial charge in [-0.05, 0) is 37.6 Å². The van der Waals surface area contributed by atoms with Crippen molar-refractivity contribution in [2.45, 2.75) is 25.7 Å². The second-order valence-corrected chi connectivity index (χ2v) is 8.65. The molecule has 1 fully saturated rings. The molecule has 164 valence electrons. The van der Waals surface area contributed by atoms with E-state index in [0.29, 0.717) is 29.9 Å². The molecule has 3 heterocycles. The fourth-order valence-corrected chi connectivity index (χ4v) is 4.30. The zero-order valence-electron chi connectivity index (χ0n) is 18.3. The van der Waals surface area contributed by atoms with E-state index < -0.39 is 5.79 Å². The Labute approximate surface area is 186 Å². The lowest BCUT2D eigenvalue weighted by Crippen LogP contribution is -2.45. The van der Waals surface area contributed by atoms with Gasteiger partial charge in [-0.3, -0.25) is 14.9 Å². The van der Waals surface area contributed by atoms with E-state index in [0.717, 1.165) is 22.2 Å². The van der Waals surface area contributed by atoms with Crippen LogP contribution in [-0.2, 0) is 26.1 Å². The molecule has 0 saturated carbocycles. The Balaban J connectivity index is 1.53. The Hall–Kier alpha value is -3.42. The van der Waals surface area contributed by atoms with E-state index in [1.54, 1.807) is 0 Å². The van der Waals surface area contributed by atoms with E-state index in [4.69, 9.17) is 9.47 Å². The number of anilines is 1. The number of ether oxygens (including phenoxy) is 2. The van der Waals surface area contributed by atoms with Gasteiger partial charge in [0.2, 0.25) is 0 Å². The molecule has 5 rings (SSSR count). The highest BCUT2D eigenvalue weighted by molar-refractivity contribution is 6.50. The number of hydrogen-bond donors (Lipinski definition) is 2. The largest absolute Gasteiger partial charge is 0.378 e. The number of fused-ring (bicyclic) bond motifs is 1. The monoisotopic (exact) mass is 431 g/mol. The smallest absolute Gasteiger partial charge is 0.259 e. The quantitative estimate of drug-likeness (QED) is 0.620. The van der Waals surface area contributed by atoms with E-state index in [9.17, 15) is 9.59 Å². The lowest BCUT2D eigenvalue weighted by atomic mass is 9.95. The molecule has 1 aromatic heterocycles. The molecule has 2 aromatic carbocycles. The van der Waals surface area contributed by atoms with Gasteiger partial charge in [-0.15, -0.1) is 0 Å². The number of imide groups is 1. The summed E-state index contributed by atoms with van der Waals surface area (Å²) in [5.74, 6) is -1.35. The first-order valence-electron chi connectivity index (χ1n) is 10.6. The summed E-state index contributed by atoms with van der Waals surface area (Å²) in [6, 6.07) is 15.4. The highest BCUT2D eigenvalue weighted by Gasteiger charge is 2.34. The number of carbonyl (C=O) groups is 2. The van der Waals surface area contributed by atoms with Crippen molar-refractivity contribution in [1.82, 2.24) is 9.88 Å². The number of benzene rings is 2. The molecule has 0 radical (unpaired) electrons. The number of para-hydroxylation sites is 1. The van der Waals surface area contributed by atoms with Gasteiger partial charge in [0, 0.05) is 35.4 Å². The standard InChI is InChI=1S/C25H25N3O4/c1-25(2)31-13-17(14-32-25)26-16-8-6-7-15(11-16)21-22(24(30)27-23(21)29)19-12-28(3)20-10-5-4-9-18(19)20/h4-12,17,26H,13-14H2,1-3H3,(H,27,29,30). The maximum absolute atomic E-state index is 12.8. The van der Waals surface area contributed by atoms with E-state index in [2.05, 4.69) is 10.6 Å². The Kier molecular flexibility index (Phi) is 4.87. The molecule has 0 bridgehead atoms.